The summed E-state index contributed by atoms with van der Waals surface area (Å²) in [5.41, 5.74) is 4.22. The van der Waals surface area contributed by atoms with Gasteiger partial charge in [0.15, 0.2) is 0 Å². The minimum atomic E-state index is -2.51. The number of ketones is 2. The topological polar surface area (TPSA) is 323 Å². The first kappa shape index (κ1) is 105. The van der Waals surface area contributed by atoms with E-state index in [0.29, 0.717) is 56.9 Å². The van der Waals surface area contributed by atoms with Crippen molar-refractivity contribution in [1.29, 1.82) is 0 Å². The third-order valence-electron chi connectivity index (χ3n) is 17.1. The number of Topliss-reactive ketones (excluding diaryl/α,β-unsaturated/α-hetero) is 2. The van der Waals surface area contributed by atoms with Gasteiger partial charge in [-0.2, -0.15) is 0 Å². The Morgan fingerprint density at radius 3 is 1.34 bits per heavy atom. The van der Waals surface area contributed by atoms with Crippen LogP contribution in [0, 0.1) is 302 Å². The van der Waals surface area contributed by atoms with E-state index < -0.39 is 83.9 Å². The van der Waals surface area contributed by atoms with Crippen LogP contribution in [0.15, 0.2) is 34.9 Å². The summed E-state index contributed by atoms with van der Waals surface area (Å²) in [6.45, 7) is 16.9. The van der Waals surface area contributed by atoms with Gasteiger partial charge in [0.25, 0.3) is 11.7 Å². The number of fused-ring (bicyclic) bond motifs is 3. The standard InChI is InChI=1S/C48H77NO12.C48H6.H3NO12.35H2/c1-11-14-28(2)16-18-35-22-29(3)21-30(4)23-41(58-9)44-42(59-10)25-32(6)48(56,61-44)45(53)46(54)49-20-13-12-15-36(49)47(55)60-43(33(7)38(51)27-39(35)52)31(5)24-34-17-19-37(50)40(26-34)57-8;1-3-5-7-9-11-13-15-17-19-21-23-25-27-29-31-33-35-37-39-41-43-45-47-48-46-44-42-40-38-36-34-32-30-28-26-24-22-20-18-16-14-12-10-8-6-4-2;2-6-10-12-8-4-1-5-9-13-11-7-3;;;;;;;;;;;;;;;;;;;;;;;;;;;;;;;;;;;/h16,22,24,30,32-38,40-44,50-51,56H,11-15,17-21,23,25-27H2,1-10H3;1-2H3;1-3H;35*1H/b28-16+,29-22+,31-24+;;;;;;;;;;;;;;;;;;;;;;;;;;;;;;;;;;;;;/t30-,32+,33+,34-,35+,36-,37+,38-,40+,41-,42-,43+,44+,48+;;;;;;;;;;;;;;;;;;;;;;;;;;;;;;;;;;;;;/m0...................................../s1. The minimum Gasteiger partial charge on any atom is -0.456 e. The van der Waals surface area contributed by atoms with E-state index in [9.17, 15) is 34.5 Å². The van der Waals surface area contributed by atoms with Crippen LogP contribution in [0.1, 0.15) is 196 Å². The SMILES string of the molecule is CC#CC#CC#CC#CC#CC#CC#CC#CC#CC#CC#CC#CC#CC#CC#CC#CC#CC#CC#CC#CC#CC#CC#CC.CCC/C(C)=C/C[C@@H]1/C=C(\C)C[C@H](C)C[C@H](OC)[C@H]2O[C@@](O)(C(=O)C(=O)N3CCCC[C@H]3C(=O)O[C@H](/C(C)=C/[C@@H]3CC[C@@H](O)[C@H](OC)C3)[C@H](C)[C@@H](O)CC1=O)[C@H](C)C[C@@H]2OC.OOOOOONOOOOOO.[HH].[HH].[HH].[HH].[HH].[HH].[HH].[HH].[HH].[HH].[HH].[HH].[HH].[HH].[HH].[HH].[HH].[HH].[HH].[HH].[HH].[HH].[HH].[HH].[HH].[HH].[HH].[HH].[HH].[HH].[HH].[HH].[HH].[HH].[HH]. The summed E-state index contributed by atoms with van der Waals surface area (Å²) in [6, 6.07) is -1.14. The van der Waals surface area contributed by atoms with Gasteiger partial charge >= 0.3 is 5.97 Å². The number of methoxy groups -OCH3 is 3. The molecule has 0 aromatic rings. The molecule has 1 aliphatic carbocycles. The molecule has 3 aliphatic heterocycles. The number of carbonyl (C=O) groups is 4. The molecule has 1 saturated carbocycles. The van der Waals surface area contributed by atoms with E-state index in [2.05, 4.69) is 349 Å². The number of esters is 1. The van der Waals surface area contributed by atoms with Gasteiger partial charge in [-0.3, -0.25) is 14.4 Å². The molecule has 122 heavy (non-hydrogen) atoms. The number of cyclic esters (lactones) is 1. The first-order valence-electron chi connectivity index (χ1n) is 37.2. The van der Waals surface area contributed by atoms with Gasteiger partial charge in [-0.05, 0) is 263 Å². The lowest BCUT2D eigenvalue weighted by atomic mass is 9.81. The van der Waals surface area contributed by atoms with Crippen LogP contribution < -0.4 is 5.64 Å². The van der Waals surface area contributed by atoms with Crippen molar-refractivity contribution in [2.75, 3.05) is 27.9 Å². The molecule has 4 aliphatic rings. The predicted molar refractivity (Wildman–Crippen MR) is 514 cm³/mol. The number of hydrogen-bond acceptors (Lipinski definition) is 25. The highest BCUT2D eigenvalue weighted by Gasteiger charge is 2.57. The second-order valence-corrected chi connectivity index (χ2v) is 25.6. The highest BCUT2D eigenvalue weighted by Crippen LogP contribution is 2.40. The summed E-state index contributed by atoms with van der Waals surface area (Å²) in [5, 5.41) is 75.3. The number of ether oxygens (including phenoxy) is 5. The van der Waals surface area contributed by atoms with Gasteiger partial charge in [-0.15, -0.1) is 0 Å². The number of aliphatic hydroxyl groups is 3. The predicted octanol–water partition coefficient (Wildman–Crippen LogP) is 14.8. The fourth-order valence-corrected chi connectivity index (χ4v) is 11.6. The number of carbonyl (C=O) groups excluding carboxylic acids is 4. The summed E-state index contributed by atoms with van der Waals surface area (Å²) in [5.74, 6) is 108. The molecular weight excluding hydrogens is 1570 g/mol. The van der Waals surface area contributed by atoms with E-state index in [-0.39, 0.29) is 99.5 Å². The first-order chi connectivity index (χ1) is 59.2. The van der Waals surface area contributed by atoms with Crippen LogP contribution in [0.5, 0.6) is 0 Å². The number of rotatable bonds is 19. The van der Waals surface area contributed by atoms with E-state index in [0.717, 1.165) is 18.4 Å². The highest BCUT2D eigenvalue weighted by atomic mass is 17.9. The van der Waals surface area contributed by atoms with E-state index in [1.54, 1.807) is 34.8 Å². The smallest absolute Gasteiger partial charge is 0.329 e. The Kier molecular flexibility index (Phi) is 57.9. The average molecular weight is 1720 g/mol. The molecule has 14 atom stereocenters. The number of aliphatic hydroxyl groups excluding tert-OH is 2. The molecule has 6 N–H and O–H groups in total. The van der Waals surface area contributed by atoms with E-state index in [1.807, 2.05) is 26.0 Å². The van der Waals surface area contributed by atoms with E-state index in [4.69, 9.17) is 34.2 Å². The largest absolute Gasteiger partial charge is 0.456 e. The lowest BCUT2D eigenvalue weighted by molar-refractivity contribution is -0.792. The Bertz CT molecular complexity index is 5230. The minimum absolute atomic E-state index is 0. The molecular formula is C96H156N2O24. The molecule has 3 heterocycles. The molecule has 0 aromatic carbocycles. The van der Waals surface area contributed by atoms with Crippen molar-refractivity contribution in [2.24, 2.45) is 29.6 Å². The number of nitrogens with zero attached hydrogens (tertiary/aromatic N) is 1. The van der Waals surface area contributed by atoms with Crippen molar-refractivity contribution >= 4 is 23.4 Å². The van der Waals surface area contributed by atoms with Gasteiger partial charge in [-0.25, -0.2) is 15.3 Å². The summed E-state index contributed by atoms with van der Waals surface area (Å²) in [7, 11) is 4.65. The lowest BCUT2D eigenvalue weighted by Gasteiger charge is -2.47. The molecule has 694 valence electrons. The van der Waals surface area contributed by atoms with Gasteiger partial charge in [0.2, 0.25) is 5.79 Å². The third-order valence-corrected chi connectivity index (χ3v) is 17.1. The summed E-state index contributed by atoms with van der Waals surface area (Å²) in [4.78, 5) is 65.8. The Hall–Kier alpha value is -13.4. The van der Waals surface area contributed by atoms with Crippen molar-refractivity contribution in [3.63, 3.8) is 0 Å². The van der Waals surface area contributed by atoms with Gasteiger partial charge in [-0.1, -0.05) is 85.3 Å². The summed E-state index contributed by atoms with van der Waals surface area (Å²) < 4.78 is 30.0. The Labute approximate surface area is 766 Å². The van der Waals surface area contributed by atoms with Crippen LogP contribution in [0.2, 0.25) is 0 Å². The molecule has 0 aromatic heterocycles. The van der Waals surface area contributed by atoms with Crippen molar-refractivity contribution in [3.8, 4) is 272 Å². The number of amides is 1. The zero-order valence-electron chi connectivity index (χ0n) is 69.1. The van der Waals surface area contributed by atoms with Gasteiger partial charge < -0.3 is 43.9 Å². The van der Waals surface area contributed by atoms with Crippen molar-refractivity contribution < 1.29 is 169 Å². The molecule has 0 unspecified atom stereocenters. The van der Waals surface area contributed by atoms with Crippen LogP contribution in [-0.2, 0) is 93.1 Å². The molecule has 2 saturated heterocycles. The normalized spacial score (nSPS) is 22.4. The van der Waals surface area contributed by atoms with E-state index >= 15 is 0 Å². The molecule has 26 nitrogen and oxygen atoms in total. The maximum absolute atomic E-state index is 14.4. The quantitative estimate of drug-likeness (QED) is 0.0133. The van der Waals surface area contributed by atoms with Crippen molar-refractivity contribution in [1.82, 2.24) is 10.5 Å². The fourth-order valence-electron chi connectivity index (χ4n) is 11.6. The summed E-state index contributed by atoms with van der Waals surface area (Å²) >= 11 is 0. The molecule has 0 radical (unpaired) electrons. The second kappa shape index (κ2) is 67.5. The number of piperidine rings is 1. The van der Waals surface area contributed by atoms with Crippen LogP contribution in [0.4, 0.5) is 0 Å². The molecule has 3 fully saturated rings. The molecule has 0 spiro atoms. The third kappa shape index (κ3) is 46.1. The van der Waals surface area contributed by atoms with Gasteiger partial charge in [0.1, 0.15) is 24.0 Å². The molecule has 4 rings (SSSR count). The number of allylic oxidation sites excluding steroid dienone is 5. The first-order valence-corrected chi connectivity index (χ1v) is 37.2. The maximum Gasteiger partial charge on any atom is 0.329 e. The fraction of sp³-hybridized carbons (Fsp3) is 0.417. The zero-order chi connectivity index (χ0) is 89.5. The zero-order valence-corrected chi connectivity index (χ0v) is 69.1. The maximum atomic E-state index is 14.4. The van der Waals surface area contributed by atoms with Crippen LogP contribution in [-0.4, -0.2) is 137 Å². The van der Waals surface area contributed by atoms with E-state index in [1.165, 1.54) is 30.3 Å². The molecule has 1 amide bonds. The van der Waals surface area contributed by atoms with Crippen LogP contribution in [0.3, 0.4) is 0 Å². The number of nitrogens with one attached hydrogen (secondary N) is 1. The van der Waals surface area contributed by atoms with Crippen molar-refractivity contribution in [2.45, 2.75) is 200 Å². The van der Waals surface area contributed by atoms with Crippen LogP contribution >= 0.6 is 0 Å². The Morgan fingerprint density at radius 1 is 0.541 bits per heavy atom. The monoisotopic (exact) mass is 1720 g/mol. The molecule has 26 heteroatoms. The van der Waals surface area contributed by atoms with Gasteiger partial charge in [0.05, 0.1) is 30.5 Å². The number of hydrogen-bond donors (Lipinski definition) is 6. The molecule has 2 bridgehead atoms. The van der Waals surface area contributed by atoms with Crippen LogP contribution in [0.25, 0.3) is 0 Å². The Morgan fingerprint density at radius 2 is 0.951 bits per heavy atom. The van der Waals surface area contributed by atoms with Crippen molar-refractivity contribution in [3.05, 3.63) is 34.9 Å². The average Bonchev–Trinajstić information content (AvgIpc) is 0.839. The second-order valence-electron chi connectivity index (χ2n) is 25.6. The lowest BCUT2D eigenvalue weighted by Crippen LogP contribution is -2.64. The highest BCUT2D eigenvalue weighted by molar-refractivity contribution is 6.39. The summed E-state index contributed by atoms with van der Waals surface area (Å²) in [6.07, 6.45) is 7.52. The Balaban J connectivity index is -0.0000000454. The van der Waals surface area contributed by atoms with Gasteiger partial charge in [0, 0.05) is 268 Å².